The fraction of sp³-hybridized carbons (Fsp3) is 0.385. The number of hydrogen-bond acceptors (Lipinski definition) is 4. The monoisotopic (exact) mass is 323 g/mol. The maximum Gasteiger partial charge on any atom is 0.154 e. The van der Waals surface area contributed by atoms with Gasteiger partial charge in [0.25, 0.3) is 0 Å². The Balaban J connectivity index is 2.00. The molecule has 100 valence electrons. The number of aliphatic hydroxyl groups excluding tert-OH is 1. The van der Waals surface area contributed by atoms with Gasteiger partial charge in [-0.1, -0.05) is 29.5 Å². The quantitative estimate of drug-likeness (QED) is 0.917. The molecule has 2 heterocycles. The summed E-state index contributed by atoms with van der Waals surface area (Å²) in [6.07, 6.45) is -0.293. The second-order valence-corrected chi connectivity index (χ2v) is 5.33. The fourth-order valence-corrected chi connectivity index (χ4v) is 3.04. The Morgan fingerprint density at radius 2 is 2.26 bits per heavy atom. The zero-order valence-electron chi connectivity index (χ0n) is 10.5. The van der Waals surface area contributed by atoms with Crippen LogP contribution in [0.1, 0.15) is 29.0 Å². The van der Waals surface area contributed by atoms with Gasteiger partial charge >= 0.3 is 0 Å². The first-order valence-corrected chi connectivity index (χ1v) is 6.90. The highest BCUT2D eigenvalue weighted by molar-refractivity contribution is 9.10. The molecule has 6 heteroatoms. The summed E-state index contributed by atoms with van der Waals surface area (Å²) < 4.78 is 7.88. The van der Waals surface area contributed by atoms with Crippen molar-refractivity contribution >= 4 is 15.9 Å². The molecule has 1 aromatic carbocycles. The molecule has 0 fully saturated rings. The van der Waals surface area contributed by atoms with Gasteiger partial charge in [0, 0.05) is 7.05 Å². The molecule has 1 aromatic heterocycles. The second-order valence-electron chi connectivity index (χ2n) is 4.57. The summed E-state index contributed by atoms with van der Waals surface area (Å²) in [5, 5.41) is 18.4. The molecule has 5 nitrogen and oxygen atoms in total. The lowest BCUT2D eigenvalue weighted by Gasteiger charge is -2.29. The predicted molar refractivity (Wildman–Crippen MR) is 72.5 cm³/mol. The van der Waals surface area contributed by atoms with Crippen molar-refractivity contribution in [3.05, 3.63) is 45.7 Å². The van der Waals surface area contributed by atoms with Crippen LogP contribution in [0.4, 0.5) is 0 Å². The van der Waals surface area contributed by atoms with E-state index < -0.39 is 6.10 Å². The molecule has 1 aliphatic heterocycles. The number of aromatic nitrogens is 3. The van der Waals surface area contributed by atoms with E-state index >= 15 is 0 Å². The Bertz CT molecular complexity index is 580. The Morgan fingerprint density at radius 1 is 1.47 bits per heavy atom. The van der Waals surface area contributed by atoms with Gasteiger partial charge in [-0.05, 0) is 33.5 Å². The van der Waals surface area contributed by atoms with Crippen LogP contribution >= 0.6 is 15.9 Å². The summed E-state index contributed by atoms with van der Waals surface area (Å²) >= 11 is 3.31. The molecule has 0 amide bonds. The van der Waals surface area contributed by atoms with Crippen LogP contribution in [-0.2, 0) is 18.2 Å². The molecule has 0 radical (unpaired) electrons. The van der Waals surface area contributed by atoms with Gasteiger partial charge in [0.1, 0.15) is 17.9 Å². The molecule has 2 atom stereocenters. The number of benzene rings is 1. The molecule has 0 spiro atoms. The van der Waals surface area contributed by atoms with Crippen LogP contribution in [0.15, 0.2) is 28.9 Å². The minimum atomic E-state index is -0.796. The van der Waals surface area contributed by atoms with Crippen LogP contribution in [-0.4, -0.2) is 26.7 Å². The van der Waals surface area contributed by atoms with Gasteiger partial charge in [0.05, 0.1) is 6.61 Å². The van der Waals surface area contributed by atoms with Gasteiger partial charge in [-0.25, -0.2) is 4.68 Å². The van der Waals surface area contributed by atoms with Gasteiger partial charge in [0.15, 0.2) is 4.60 Å². The van der Waals surface area contributed by atoms with Gasteiger partial charge in [0.2, 0.25) is 0 Å². The number of halogens is 1. The molecule has 0 bridgehead atoms. The van der Waals surface area contributed by atoms with Gasteiger partial charge in [-0.2, -0.15) is 0 Å². The van der Waals surface area contributed by atoms with Crippen LogP contribution in [0, 0.1) is 0 Å². The highest BCUT2D eigenvalue weighted by Crippen LogP contribution is 2.38. The Kier molecular flexibility index (Phi) is 3.38. The molecular formula is C13H14BrN3O2. The minimum absolute atomic E-state index is 0.376. The third-order valence-corrected chi connectivity index (χ3v) is 3.99. The lowest BCUT2D eigenvalue weighted by atomic mass is 9.93. The number of nitrogens with zero attached hydrogens (tertiary/aromatic N) is 3. The van der Waals surface area contributed by atoms with E-state index in [1.807, 2.05) is 18.2 Å². The number of ether oxygens (including phenoxy) is 1. The Labute approximate surface area is 119 Å². The maximum atomic E-state index is 10.6. The van der Waals surface area contributed by atoms with Crippen molar-refractivity contribution < 1.29 is 9.84 Å². The van der Waals surface area contributed by atoms with E-state index in [9.17, 15) is 5.11 Å². The first kappa shape index (κ1) is 12.8. The zero-order valence-corrected chi connectivity index (χ0v) is 12.0. The van der Waals surface area contributed by atoms with E-state index in [0.717, 1.165) is 12.0 Å². The third kappa shape index (κ3) is 2.20. The fourth-order valence-electron chi connectivity index (χ4n) is 2.48. The van der Waals surface area contributed by atoms with Crippen LogP contribution < -0.4 is 0 Å². The van der Waals surface area contributed by atoms with E-state index in [1.54, 1.807) is 11.7 Å². The molecule has 1 aliphatic rings. The van der Waals surface area contributed by atoms with E-state index in [1.165, 1.54) is 5.56 Å². The molecular weight excluding hydrogens is 310 g/mol. The predicted octanol–water partition coefficient (Wildman–Crippen LogP) is 1.92. The average molecular weight is 324 g/mol. The number of fused-ring (bicyclic) bond motifs is 1. The van der Waals surface area contributed by atoms with Crippen molar-refractivity contribution in [1.29, 1.82) is 0 Å². The molecule has 3 rings (SSSR count). The standard InChI is InChI=1S/C13H14BrN3O2/c1-17-10(13(14)15-16-17)11(18)12-9-5-3-2-4-8(9)6-7-19-12/h2-5,11-12,18H,6-7H2,1H3. The maximum absolute atomic E-state index is 10.6. The number of aryl methyl sites for hydroxylation is 1. The van der Waals surface area contributed by atoms with Crippen molar-refractivity contribution in [3.8, 4) is 0 Å². The topological polar surface area (TPSA) is 60.2 Å². The largest absolute Gasteiger partial charge is 0.384 e. The first-order chi connectivity index (χ1) is 9.18. The van der Waals surface area contributed by atoms with Crippen LogP contribution in [0.5, 0.6) is 0 Å². The lowest BCUT2D eigenvalue weighted by molar-refractivity contribution is -0.0516. The molecule has 0 saturated heterocycles. The summed E-state index contributed by atoms with van der Waals surface area (Å²) in [5.74, 6) is 0. The molecule has 1 N–H and O–H groups in total. The molecule has 0 saturated carbocycles. The summed E-state index contributed by atoms with van der Waals surface area (Å²) in [7, 11) is 1.76. The highest BCUT2D eigenvalue weighted by atomic mass is 79.9. The smallest absolute Gasteiger partial charge is 0.154 e. The van der Waals surface area contributed by atoms with Crippen LogP contribution in [0.2, 0.25) is 0 Å². The number of aliphatic hydroxyl groups is 1. The van der Waals surface area contributed by atoms with Crippen LogP contribution in [0.25, 0.3) is 0 Å². The van der Waals surface area contributed by atoms with Crippen molar-refractivity contribution in [1.82, 2.24) is 15.0 Å². The number of hydrogen-bond donors (Lipinski definition) is 1. The Morgan fingerprint density at radius 3 is 3.00 bits per heavy atom. The molecule has 2 unspecified atom stereocenters. The van der Waals surface area contributed by atoms with E-state index in [-0.39, 0.29) is 6.10 Å². The summed E-state index contributed by atoms with van der Waals surface area (Å²) in [5.41, 5.74) is 2.89. The van der Waals surface area contributed by atoms with Crippen molar-refractivity contribution in [2.75, 3.05) is 6.61 Å². The van der Waals surface area contributed by atoms with E-state index in [0.29, 0.717) is 16.9 Å². The van der Waals surface area contributed by atoms with Crippen molar-refractivity contribution in [3.63, 3.8) is 0 Å². The Hall–Kier alpha value is -1.24. The highest BCUT2D eigenvalue weighted by Gasteiger charge is 2.32. The minimum Gasteiger partial charge on any atom is -0.384 e. The van der Waals surface area contributed by atoms with E-state index in [4.69, 9.17) is 4.74 Å². The lowest BCUT2D eigenvalue weighted by Crippen LogP contribution is -2.23. The summed E-state index contributed by atoms with van der Waals surface area (Å²) in [6.45, 7) is 0.613. The zero-order chi connectivity index (χ0) is 13.4. The van der Waals surface area contributed by atoms with Crippen molar-refractivity contribution in [2.45, 2.75) is 18.6 Å². The third-order valence-electron chi connectivity index (χ3n) is 3.42. The van der Waals surface area contributed by atoms with Gasteiger partial charge in [-0.15, -0.1) is 5.10 Å². The van der Waals surface area contributed by atoms with E-state index in [2.05, 4.69) is 32.3 Å². The SMILES string of the molecule is Cn1nnc(Br)c1C(O)C1OCCc2ccccc21. The normalized spacial score (nSPS) is 20.1. The van der Waals surface area contributed by atoms with Gasteiger partial charge < -0.3 is 9.84 Å². The van der Waals surface area contributed by atoms with Crippen LogP contribution in [0.3, 0.4) is 0 Å². The average Bonchev–Trinajstić information content (AvgIpc) is 2.77. The molecule has 19 heavy (non-hydrogen) atoms. The summed E-state index contributed by atoms with van der Waals surface area (Å²) in [4.78, 5) is 0. The van der Waals surface area contributed by atoms with Gasteiger partial charge in [-0.3, -0.25) is 0 Å². The second kappa shape index (κ2) is 5.03. The van der Waals surface area contributed by atoms with Crippen molar-refractivity contribution in [2.24, 2.45) is 7.05 Å². The summed E-state index contributed by atoms with van der Waals surface area (Å²) in [6, 6.07) is 8.05. The molecule has 2 aromatic rings. The number of rotatable bonds is 2. The first-order valence-electron chi connectivity index (χ1n) is 6.11. The molecule has 0 aliphatic carbocycles.